The number of allylic oxidation sites excluding steroid dienone is 3. The molecule has 2 aliphatic carbocycles. The van der Waals surface area contributed by atoms with Crippen molar-refractivity contribution < 1.29 is 20.1 Å². The van der Waals surface area contributed by atoms with Gasteiger partial charge in [0, 0.05) is 16.7 Å². The summed E-state index contributed by atoms with van der Waals surface area (Å²) in [5, 5.41) is 30.0. The molecule has 1 aromatic rings. The van der Waals surface area contributed by atoms with Crippen molar-refractivity contribution in [3.63, 3.8) is 0 Å². The van der Waals surface area contributed by atoms with Crippen LogP contribution in [-0.2, 0) is 11.2 Å². The molecule has 0 aliphatic heterocycles. The van der Waals surface area contributed by atoms with Gasteiger partial charge in [0.1, 0.15) is 0 Å². The standard InChI is InChI=1S/C25H33ClO4S/c26-23-14-12-19(31-23)17-25(15-6-16-25)22(28)9-5-8-20-18(11-13-21(20)27)7-3-1-2-4-10-24(29)30/h1,3,5,8,12,14,21-22,27-28H,2,4,6-7,9-11,13,15-17H2,(H,29,30)/b3-1+,8-5+/t21-,22?/m1/s1. The molecule has 0 aromatic carbocycles. The average molecular weight is 465 g/mol. The monoisotopic (exact) mass is 464 g/mol. The van der Waals surface area contributed by atoms with Gasteiger partial charge in [-0.3, -0.25) is 4.79 Å². The Morgan fingerprint density at radius 2 is 2.10 bits per heavy atom. The summed E-state index contributed by atoms with van der Waals surface area (Å²) in [6, 6.07) is 3.99. The van der Waals surface area contributed by atoms with Crippen LogP contribution in [0.5, 0.6) is 0 Å². The van der Waals surface area contributed by atoms with E-state index in [1.54, 1.807) is 11.3 Å². The molecule has 1 unspecified atom stereocenters. The Morgan fingerprint density at radius 3 is 2.74 bits per heavy atom. The van der Waals surface area contributed by atoms with E-state index in [4.69, 9.17) is 16.7 Å². The van der Waals surface area contributed by atoms with Gasteiger partial charge in [-0.05, 0) is 75.5 Å². The fraction of sp³-hybridized carbons (Fsp3) is 0.560. The minimum atomic E-state index is -0.757. The topological polar surface area (TPSA) is 77.8 Å². The molecule has 0 saturated heterocycles. The van der Waals surface area contributed by atoms with E-state index in [9.17, 15) is 15.0 Å². The van der Waals surface area contributed by atoms with Gasteiger partial charge >= 0.3 is 5.97 Å². The Bertz CT molecular complexity index is 834. The molecule has 0 amide bonds. The first-order valence-electron chi connectivity index (χ1n) is 11.3. The molecule has 3 N–H and O–H groups in total. The highest BCUT2D eigenvalue weighted by atomic mass is 35.5. The first-order chi connectivity index (χ1) is 14.9. The minimum absolute atomic E-state index is 0.0529. The smallest absolute Gasteiger partial charge is 0.303 e. The second-order valence-corrected chi connectivity index (χ2v) is 10.6. The zero-order chi connectivity index (χ0) is 22.3. The SMILES string of the molecule is O=C(O)CCC/C=C/CC1=C(/C=C/CC(O)C2(Cc3ccc(Cl)s3)CCC2)[C@H](O)CC1. The highest BCUT2D eigenvalue weighted by molar-refractivity contribution is 7.16. The number of aliphatic carboxylic acids is 1. The maximum absolute atomic E-state index is 10.9. The predicted molar refractivity (Wildman–Crippen MR) is 127 cm³/mol. The lowest BCUT2D eigenvalue weighted by atomic mass is 9.62. The molecule has 1 heterocycles. The molecule has 0 bridgehead atoms. The van der Waals surface area contributed by atoms with E-state index < -0.39 is 18.2 Å². The van der Waals surface area contributed by atoms with Crippen LogP contribution in [0.2, 0.25) is 4.34 Å². The second-order valence-electron chi connectivity index (χ2n) is 8.83. The third-order valence-corrected chi connectivity index (χ3v) is 7.88. The number of carbonyl (C=O) groups is 1. The number of aliphatic hydroxyl groups is 2. The van der Waals surface area contributed by atoms with Crippen molar-refractivity contribution in [1.82, 2.24) is 0 Å². The summed E-state index contributed by atoms with van der Waals surface area (Å²) in [5.74, 6) is -0.757. The third kappa shape index (κ3) is 6.79. The van der Waals surface area contributed by atoms with Gasteiger partial charge in [0.15, 0.2) is 0 Å². The average Bonchev–Trinajstić information content (AvgIpc) is 3.26. The molecule has 4 nitrogen and oxygen atoms in total. The van der Waals surface area contributed by atoms with Crippen LogP contribution in [0.1, 0.15) is 69.1 Å². The zero-order valence-electron chi connectivity index (χ0n) is 17.9. The van der Waals surface area contributed by atoms with Gasteiger partial charge in [-0.25, -0.2) is 0 Å². The summed E-state index contributed by atoms with van der Waals surface area (Å²) in [5.41, 5.74) is 2.16. The Labute approximate surface area is 194 Å². The molecule has 1 aromatic heterocycles. The maximum atomic E-state index is 10.9. The summed E-state index contributed by atoms with van der Waals surface area (Å²) in [7, 11) is 0. The van der Waals surface area contributed by atoms with Gasteiger partial charge in [-0.1, -0.05) is 47.9 Å². The first kappa shape index (κ1) is 24.2. The normalized spacial score (nSPS) is 21.8. The van der Waals surface area contributed by atoms with Gasteiger partial charge in [0.2, 0.25) is 0 Å². The van der Waals surface area contributed by atoms with Crippen LogP contribution in [0.4, 0.5) is 0 Å². The summed E-state index contributed by atoms with van der Waals surface area (Å²) >= 11 is 7.68. The Kier molecular flexibility index (Phi) is 8.96. The minimum Gasteiger partial charge on any atom is -0.481 e. The van der Waals surface area contributed by atoms with Crippen molar-refractivity contribution in [1.29, 1.82) is 0 Å². The van der Waals surface area contributed by atoms with Crippen LogP contribution in [0, 0.1) is 5.41 Å². The van der Waals surface area contributed by atoms with E-state index >= 15 is 0 Å². The lowest BCUT2D eigenvalue weighted by molar-refractivity contribution is -0.137. The van der Waals surface area contributed by atoms with E-state index in [-0.39, 0.29) is 11.8 Å². The molecular formula is C25H33ClO4S. The summed E-state index contributed by atoms with van der Waals surface area (Å²) in [6.45, 7) is 0. The van der Waals surface area contributed by atoms with E-state index in [1.165, 1.54) is 10.5 Å². The lowest BCUT2D eigenvalue weighted by Gasteiger charge is -2.45. The third-order valence-electron chi connectivity index (χ3n) is 6.65. The van der Waals surface area contributed by atoms with E-state index in [0.717, 1.165) is 61.3 Å². The van der Waals surface area contributed by atoms with E-state index in [1.807, 2.05) is 24.3 Å². The quantitative estimate of drug-likeness (QED) is 0.259. The highest BCUT2D eigenvalue weighted by Crippen LogP contribution is 2.48. The number of hydrogen-bond donors (Lipinski definition) is 3. The predicted octanol–water partition coefficient (Wildman–Crippen LogP) is 6.07. The first-order valence-corrected chi connectivity index (χ1v) is 12.4. The number of carboxylic acid groups (broad SMARTS) is 1. The summed E-state index contributed by atoms with van der Waals surface area (Å²) in [4.78, 5) is 11.8. The largest absolute Gasteiger partial charge is 0.481 e. The molecule has 31 heavy (non-hydrogen) atoms. The zero-order valence-corrected chi connectivity index (χ0v) is 19.5. The van der Waals surface area contributed by atoms with Crippen LogP contribution in [0.15, 0.2) is 47.6 Å². The number of carboxylic acids is 1. The number of unbranched alkanes of at least 4 members (excludes halogenated alkanes) is 1. The van der Waals surface area contributed by atoms with Crippen LogP contribution in [0.3, 0.4) is 0 Å². The van der Waals surface area contributed by atoms with Crippen molar-refractivity contribution in [3.8, 4) is 0 Å². The molecule has 2 aliphatic rings. The van der Waals surface area contributed by atoms with Crippen molar-refractivity contribution in [2.45, 2.75) is 82.8 Å². The van der Waals surface area contributed by atoms with Crippen LogP contribution >= 0.6 is 22.9 Å². The molecule has 6 heteroatoms. The number of rotatable bonds is 12. The molecule has 3 rings (SSSR count). The Balaban J connectivity index is 1.54. The molecule has 170 valence electrons. The maximum Gasteiger partial charge on any atom is 0.303 e. The van der Waals surface area contributed by atoms with Crippen molar-refractivity contribution in [2.24, 2.45) is 5.41 Å². The lowest BCUT2D eigenvalue weighted by Crippen LogP contribution is -2.42. The van der Waals surface area contributed by atoms with Gasteiger partial charge in [0.05, 0.1) is 16.5 Å². The number of aliphatic hydroxyl groups excluding tert-OH is 2. The summed E-state index contributed by atoms with van der Waals surface area (Å²) in [6.07, 6.45) is 16.0. The Morgan fingerprint density at radius 1 is 1.29 bits per heavy atom. The molecule has 1 fully saturated rings. The summed E-state index contributed by atoms with van der Waals surface area (Å²) < 4.78 is 0.796. The molecule has 1 saturated carbocycles. The van der Waals surface area contributed by atoms with Gasteiger partial charge in [-0.2, -0.15) is 0 Å². The van der Waals surface area contributed by atoms with Crippen molar-refractivity contribution >= 4 is 28.9 Å². The molecular weight excluding hydrogens is 432 g/mol. The number of thiophene rings is 1. The van der Waals surface area contributed by atoms with Crippen molar-refractivity contribution in [2.75, 3.05) is 0 Å². The molecule has 2 atom stereocenters. The van der Waals surface area contributed by atoms with E-state index in [2.05, 4.69) is 12.1 Å². The van der Waals surface area contributed by atoms with Gasteiger partial charge < -0.3 is 15.3 Å². The van der Waals surface area contributed by atoms with Crippen LogP contribution in [0.25, 0.3) is 0 Å². The van der Waals surface area contributed by atoms with E-state index in [0.29, 0.717) is 12.8 Å². The number of hydrogen-bond acceptors (Lipinski definition) is 4. The fourth-order valence-corrected chi connectivity index (χ4v) is 5.88. The highest BCUT2D eigenvalue weighted by Gasteiger charge is 2.43. The van der Waals surface area contributed by atoms with Crippen molar-refractivity contribution in [3.05, 3.63) is 56.8 Å². The van der Waals surface area contributed by atoms with Gasteiger partial charge in [-0.15, -0.1) is 11.3 Å². The molecule has 0 spiro atoms. The number of halogens is 1. The van der Waals surface area contributed by atoms with Crippen LogP contribution < -0.4 is 0 Å². The molecule has 0 radical (unpaired) electrons. The van der Waals surface area contributed by atoms with Crippen LogP contribution in [-0.4, -0.2) is 33.5 Å². The fourth-order valence-electron chi connectivity index (χ4n) is 4.64. The second kappa shape index (κ2) is 11.5. The van der Waals surface area contributed by atoms with Gasteiger partial charge in [0.25, 0.3) is 0 Å². The Hall–Kier alpha value is -1.40.